The fraction of sp³-hybridized carbons (Fsp3) is 0.0588. The number of nitrogens with one attached hydrogen (secondary N) is 1. The second kappa shape index (κ2) is 5.49. The maximum atomic E-state index is 12.3. The largest absolute Gasteiger partial charge is 0.506 e. The van der Waals surface area contributed by atoms with Crippen molar-refractivity contribution in [3.63, 3.8) is 0 Å². The number of hydrogen-bond donors (Lipinski definition) is 2. The molecule has 6 heteroatoms. The van der Waals surface area contributed by atoms with Crippen LogP contribution in [-0.2, 0) is 4.79 Å². The summed E-state index contributed by atoms with van der Waals surface area (Å²) >= 11 is 0. The molecule has 1 aliphatic rings. The highest BCUT2D eigenvalue weighted by atomic mass is 16.5. The van der Waals surface area contributed by atoms with Crippen molar-refractivity contribution >= 4 is 23.0 Å². The normalized spacial score (nSPS) is 13.8. The number of benzene rings is 1. The van der Waals surface area contributed by atoms with Crippen LogP contribution in [0, 0.1) is 5.41 Å². The Balaban J connectivity index is 2.25. The number of nitrogens with zero attached hydrogens (tertiary/aromatic N) is 1. The summed E-state index contributed by atoms with van der Waals surface area (Å²) < 4.78 is 5.16. The number of methoxy groups -OCH3 is 1. The predicted octanol–water partition coefficient (Wildman–Crippen LogP) is 2.19. The number of fused-ring (bicyclic) bond motifs is 1. The molecule has 1 aromatic heterocycles. The fourth-order valence-corrected chi connectivity index (χ4v) is 2.49. The van der Waals surface area contributed by atoms with Crippen molar-refractivity contribution in [3.05, 3.63) is 65.0 Å². The Hall–Kier alpha value is -3.28. The monoisotopic (exact) mass is 308 g/mol. The van der Waals surface area contributed by atoms with Gasteiger partial charge in [-0.05, 0) is 24.3 Å². The van der Waals surface area contributed by atoms with Crippen LogP contribution in [0.1, 0.15) is 21.5 Å². The molecule has 0 amide bonds. The molecule has 2 aromatic rings. The number of carbonyl (C=O) groups excluding carboxylic acids is 2. The van der Waals surface area contributed by atoms with Crippen molar-refractivity contribution in [3.8, 4) is 5.75 Å². The van der Waals surface area contributed by atoms with E-state index in [9.17, 15) is 14.7 Å². The third kappa shape index (κ3) is 2.20. The summed E-state index contributed by atoms with van der Waals surface area (Å²) in [5.74, 6) is -1.87. The molecule has 1 aliphatic carbocycles. The zero-order chi connectivity index (χ0) is 16.6. The van der Waals surface area contributed by atoms with Crippen LogP contribution in [0.5, 0.6) is 5.75 Å². The average molecular weight is 308 g/mol. The number of Topliss-reactive ketones (excluding diaryl/α,β-unsaturated/α-hetero) is 2. The highest BCUT2D eigenvalue weighted by molar-refractivity contribution is 6.58. The van der Waals surface area contributed by atoms with Gasteiger partial charge in [-0.15, -0.1) is 0 Å². The summed E-state index contributed by atoms with van der Waals surface area (Å²) in [6.45, 7) is 0. The van der Waals surface area contributed by atoms with E-state index < -0.39 is 17.3 Å². The van der Waals surface area contributed by atoms with E-state index in [0.717, 1.165) is 0 Å². The van der Waals surface area contributed by atoms with Crippen molar-refractivity contribution in [2.45, 2.75) is 0 Å². The topological polar surface area (TPSA) is 100 Å². The van der Waals surface area contributed by atoms with E-state index in [0.29, 0.717) is 5.56 Å². The number of aliphatic hydroxyl groups excluding tert-OH is 1. The first-order valence-electron chi connectivity index (χ1n) is 6.75. The number of rotatable bonds is 3. The van der Waals surface area contributed by atoms with Crippen LogP contribution in [0.25, 0.3) is 5.76 Å². The summed E-state index contributed by atoms with van der Waals surface area (Å²) in [7, 11) is 1.40. The lowest BCUT2D eigenvalue weighted by Crippen LogP contribution is -2.28. The van der Waals surface area contributed by atoms with Gasteiger partial charge in [-0.3, -0.25) is 20.0 Å². The number of aromatic nitrogens is 1. The SMILES string of the molecule is COc1cccc2c1C(O)=C(C(=N)c1cccnc1)C(=O)C2=O. The number of pyridine rings is 1. The minimum Gasteiger partial charge on any atom is -0.506 e. The van der Waals surface area contributed by atoms with E-state index in [1.54, 1.807) is 24.3 Å². The highest BCUT2D eigenvalue weighted by Crippen LogP contribution is 2.35. The minimum absolute atomic E-state index is 0.0644. The molecule has 0 saturated carbocycles. The molecule has 3 rings (SSSR count). The lowest BCUT2D eigenvalue weighted by atomic mass is 9.84. The molecule has 1 heterocycles. The number of hydrogen-bond acceptors (Lipinski definition) is 6. The molecule has 114 valence electrons. The van der Waals surface area contributed by atoms with Crippen LogP contribution in [-0.4, -0.2) is 34.5 Å². The second-order valence-electron chi connectivity index (χ2n) is 4.88. The third-order valence-electron chi connectivity index (χ3n) is 3.60. The molecule has 0 fully saturated rings. The zero-order valence-electron chi connectivity index (χ0n) is 12.2. The number of allylic oxidation sites excluding steroid dienone is 1. The molecule has 0 unspecified atom stereocenters. The van der Waals surface area contributed by atoms with Crippen LogP contribution < -0.4 is 4.74 Å². The van der Waals surface area contributed by atoms with E-state index >= 15 is 0 Å². The van der Waals surface area contributed by atoms with Crippen molar-refractivity contribution in [2.75, 3.05) is 7.11 Å². The number of carbonyl (C=O) groups is 2. The van der Waals surface area contributed by atoms with E-state index in [1.807, 2.05) is 0 Å². The number of ether oxygens (including phenoxy) is 1. The van der Waals surface area contributed by atoms with Gasteiger partial charge in [0.1, 0.15) is 11.5 Å². The molecule has 0 bridgehead atoms. The van der Waals surface area contributed by atoms with Gasteiger partial charge in [-0.25, -0.2) is 0 Å². The lowest BCUT2D eigenvalue weighted by molar-refractivity contribution is -0.111. The van der Waals surface area contributed by atoms with Gasteiger partial charge < -0.3 is 9.84 Å². The van der Waals surface area contributed by atoms with E-state index in [-0.39, 0.29) is 28.2 Å². The molecular formula is C17H12N2O4. The van der Waals surface area contributed by atoms with Crippen molar-refractivity contribution in [1.29, 1.82) is 5.41 Å². The van der Waals surface area contributed by atoms with Gasteiger partial charge >= 0.3 is 0 Å². The Morgan fingerprint density at radius 3 is 2.61 bits per heavy atom. The van der Waals surface area contributed by atoms with Gasteiger partial charge in [0.25, 0.3) is 0 Å². The Morgan fingerprint density at radius 1 is 1.17 bits per heavy atom. The zero-order valence-corrected chi connectivity index (χ0v) is 12.2. The Labute approximate surface area is 131 Å². The van der Waals surface area contributed by atoms with Crippen LogP contribution in [0.3, 0.4) is 0 Å². The summed E-state index contributed by atoms with van der Waals surface area (Å²) in [6.07, 6.45) is 2.91. The first-order valence-corrected chi connectivity index (χ1v) is 6.75. The van der Waals surface area contributed by atoms with E-state index in [2.05, 4.69) is 4.98 Å². The van der Waals surface area contributed by atoms with Crippen LogP contribution in [0.2, 0.25) is 0 Å². The van der Waals surface area contributed by atoms with Crippen LogP contribution in [0.4, 0.5) is 0 Å². The smallest absolute Gasteiger partial charge is 0.239 e. The van der Waals surface area contributed by atoms with Gasteiger partial charge in [0, 0.05) is 23.5 Å². The van der Waals surface area contributed by atoms with Gasteiger partial charge in [0.05, 0.1) is 24.0 Å². The Kier molecular flexibility index (Phi) is 3.50. The van der Waals surface area contributed by atoms with Gasteiger partial charge in [-0.1, -0.05) is 6.07 Å². The first-order chi connectivity index (χ1) is 11.1. The molecule has 0 spiro atoms. The molecule has 1 aromatic carbocycles. The molecule has 2 N–H and O–H groups in total. The molecule has 23 heavy (non-hydrogen) atoms. The highest BCUT2D eigenvalue weighted by Gasteiger charge is 2.37. The fourth-order valence-electron chi connectivity index (χ4n) is 2.49. The van der Waals surface area contributed by atoms with Gasteiger partial charge in [0.15, 0.2) is 0 Å². The van der Waals surface area contributed by atoms with Crippen molar-refractivity contribution in [1.82, 2.24) is 4.98 Å². The first kappa shape index (κ1) is 14.6. The maximum absolute atomic E-state index is 12.3. The van der Waals surface area contributed by atoms with E-state index in [1.165, 1.54) is 25.6 Å². The summed E-state index contributed by atoms with van der Waals surface area (Å²) in [5.41, 5.74) is -0.0862. The molecular weight excluding hydrogens is 296 g/mol. The van der Waals surface area contributed by atoms with Crippen LogP contribution >= 0.6 is 0 Å². The number of aliphatic hydroxyl groups is 1. The molecule has 6 nitrogen and oxygen atoms in total. The minimum atomic E-state index is -0.919. The van der Waals surface area contributed by atoms with Crippen molar-refractivity contribution in [2.24, 2.45) is 0 Å². The Morgan fingerprint density at radius 2 is 1.96 bits per heavy atom. The molecule has 0 radical (unpaired) electrons. The standard InChI is InChI=1S/C17H12N2O4/c1-23-11-6-2-5-10-12(11)16(21)13(17(22)15(10)20)14(18)9-4-3-7-19-8-9/h2-8,18,21H,1H3. The maximum Gasteiger partial charge on any atom is 0.239 e. The number of ketones is 2. The average Bonchev–Trinajstić information content (AvgIpc) is 2.59. The van der Waals surface area contributed by atoms with Gasteiger partial charge in [-0.2, -0.15) is 0 Å². The molecule has 0 atom stereocenters. The lowest BCUT2D eigenvalue weighted by Gasteiger charge is -2.20. The Bertz CT molecular complexity index is 869. The third-order valence-corrected chi connectivity index (χ3v) is 3.60. The summed E-state index contributed by atoms with van der Waals surface area (Å²) in [6, 6.07) is 7.76. The predicted molar refractivity (Wildman–Crippen MR) is 82.9 cm³/mol. The van der Waals surface area contributed by atoms with E-state index in [4.69, 9.17) is 10.1 Å². The van der Waals surface area contributed by atoms with Crippen LogP contribution in [0.15, 0.2) is 48.3 Å². The summed E-state index contributed by atoms with van der Waals surface area (Å²) in [5, 5.41) is 18.7. The molecule has 0 saturated heterocycles. The van der Waals surface area contributed by atoms with Gasteiger partial charge in [0.2, 0.25) is 11.6 Å². The van der Waals surface area contributed by atoms with Crippen molar-refractivity contribution < 1.29 is 19.4 Å². The summed E-state index contributed by atoms with van der Waals surface area (Å²) in [4.78, 5) is 28.5. The molecule has 0 aliphatic heterocycles. The quantitative estimate of drug-likeness (QED) is 0.668. The second-order valence-corrected chi connectivity index (χ2v) is 4.88.